The molecule has 0 saturated heterocycles. The van der Waals surface area contributed by atoms with E-state index in [1.165, 1.54) is 0 Å². The maximum absolute atomic E-state index is 11.5. The number of urea groups is 1. The van der Waals surface area contributed by atoms with Gasteiger partial charge in [-0.05, 0) is 24.6 Å². The van der Waals surface area contributed by atoms with Crippen molar-refractivity contribution >= 4 is 6.03 Å². The standard InChI is InChI=1S/C14H20N2O4/c1-10(16-14(18)15-5-6-17)11-3-4-12-13(9-11)20-8-2-7-19-12/h3-4,9-10,17H,2,5-8H2,1H3,(H2,15,16,18)/t10-/m1/s1. The Hall–Kier alpha value is -1.95. The molecule has 20 heavy (non-hydrogen) atoms. The van der Waals surface area contributed by atoms with Gasteiger partial charge in [0.1, 0.15) is 0 Å². The van der Waals surface area contributed by atoms with Crippen LogP contribution < -0.4 is 20.1 Å². The fraction of sp³-hybridized carbons (Fsp3) is 0.500. The zero-order valence-electron chi connectivity index (χ0n) is 11.5. The van der Waals surface area contributed by atoms with Gasteiger partial charge in [0, 0.05) is 13.0 Å². The summed E-state index contributed by atoms with van der Waals surface area (Å²) in [6.45, 7) is 3.34. The zero-order chi connectivity index (χ0) is 14.4. The highest BCUT2D eigenvalue weighted by Crippen LogP contribution is 2.32. The van der Waals surface area contributed by atoms with Gasteiger partial charge in [-0.25, -0.2) is 4.79 Å². The van der Waals surface area contributed by atoms with Gasteiger partial charge in [-0.15, -0.1) is 0 Å². The first-order valence-corrected chi connectivity index (χ1v) is 6.75. The summed E-state index contributed by atoms with van der Waals surface area (Å²) in [5.74, 6) is 1.45. The van der Waals surface area contributed by atoms with Gasteiger partial charge in [0.15, 0.2) is 11.5 Å². The molecule has 0 spiro atoms. The second-order valence-electron chi connectivity index (χ2n) is 4.60. The number of amides is 2. The van der Waals surface area contributed by atoms with Crippen molar-refractivity contribution in [2.45, 2.75) is 19.4 Å². The number of aliphatic hydroxyl groups is 1. The van der Waals surface area contributed by atoms with Crippen LogP contribution in [0.5, 0.6) is 11.5 Å². The second-order valence-corrected chi connectivity index (χ2v) is 4.60. The van der Waals surface area contributed by atoms with Crippen molar-refractivity contribution in [1.29, 1.82) is 0 Å². The van der Waals surface area contributed by atoms with Crippen LogP contribution >= 0.6 is 0 Å². The van der Waals surface area contributed by atoms with Gasteiger partial charge in [-0.2, -0.15) is 0 Å². The lowest BCUT2D eigenvalue weighted by Crippen LogP contribution is -2.38. The first kappa shape index (κ1) is 14.5. The molecule has 1 aromatic rings. The van der Waals surface area contributed by atoms with Crippen molar-refractivity contribution in [1.82, 2.24) is 10.6 Å². The normalized spacial score (nSPS) is 15.1. The molecule has 2 amide bonds. The van der Waals surface area contributed by atoms with Crippen LogP contribution in [0.15, 0.2) is 18.2 Å². The number of carbonyl (C=O) groups excluding carboxylic acids is 1. The zero-order valence-corrected chi connectivity index (χ0v) is 11.5. The Bertz CT molecular complexity index is 464. The molecular weight excluding hydrogens is 260 g/mol. The van der Waals surface area contributed by atoms with Crippen LogP contribution in [0.2, 0.25) is 0 Å². The number of aliphatic hydroxyl groups excluding tert-OH is 1. The number of benzene rings is 1. The molecule has 1 atom stereocenters. The smallest absolute Gasteiger partial charge is 0.315 e. The molecule has 2 rings (SSSR count). The van der Waals surface area contributed by atoms with E-state index in [4.69, 9.17) is 14.6 Å². The van der Waals surface area contributed by atoms with Crippen molar-refractivity contribution in [2.24, 2.45) is 0 Å². The van der Waals surface area contributed by atoms with Crippen LogP contribution in [-0.2, 0) is 0 Å². The van der Waals surface area contributed by atoms with Crippen molar-refractivity contribution in [3.05, 3.63) is 23.8 Å². The fourth-order valence-electron chi connectivity index (χ4n) is 1.95. The average molecular weight is 280 g/mol. The van der Waals surface area contributed by atoms with E-state index in [0.717, 1.165) is 17.7 Å². The lowest BCUT2D eigenvalue weighted by atomic mass is 10.1. The van der Waals surface area contributed by atoms with Gasteiger partial charge in [0.05, 0.1) is 25.9 Å². The highest BCUT2D eigenvalue weighted by Gasteiger charge is 2.14. The molecule has 1 aliphatic rings. The monoisotopic (exact) mass is 280 g/mol. The average Bonchev–Trinajstić information content (AvgIpc) is 2.69. The Kier molecular flexibility index (Phi) is 5.06. The number of nitrogens with one attached hydrogen (secondary N) is 2. The molecule has 110 valence electrons. The van der Waals surface area contributed by atoms with Gasteiger partial charge in [-0.3, -0.25) is 0 Å². The topological polar surface area (TPSA) is 79.8 Å². The summed E-state index contributed by atoms with van der Waals surface area (Å²) in [6.07, 6.45) is 0.862. The summed E-state index contributed by atoms with van der Waals surface area (Å²) in [5, 5.41) is 14.0. The third kappa shape index (κ3) is 3.77. The van der Waals surface area contributed by atoms with Crippen LogP contribution in [0.4, 0.5) is 4.79 Å². The van der Waals surface area contributed by atoms with E-state index in [2.05, 4.69) is 10.6 Å². The molecule has 1 aliphatic heterocycles. The van der Waals surface area contributed by atoms with E-state index >= 15 is 0 Å². The molecule has 0 saturated carbocycles. The van der Waals surface area contributed by atoms with E-state index in [1.807, 2.05) is 25.1 Å². The number of carbonyl (C=O) groups is 1. The largest absolute Gasteiger partial charge is 0.490 e. The summed E-state index contributed by atoms with van der Waals surface area (Å²) in [7, 11) is 0. The summed E-state index contributed by atoms with van der Waals surface area (Å²) < 4.78 is 11.2. The molecule has 3 N–H and O–H groups in total. The lowest BCUT2D eigenvalue weighted by molar-refractivity contribution is 0.231. The molecule has 6 heteroatoms. The van der Waals surface area contributed by atoms with Crippen LogP contribution in [0.25, 0.3) is 0 Å². The minimum absolute atomic E-state index is 0.0776. The molecule has 0 aromatic heterocycles. The number of ether oxygens (including phenoxy) is 2. The SMILES string of the molecule is C[C@@H](NC(=O)NCCO)c1ccc2c(c1)OCCCO2. The van der Waals surface area contributed by atoms with Crippen LogP contribution in [0.1, 0.15) is 24.9 Å². The summed E-state index contributed by atoms with van der Waals surface area (Å²) in [6, 6.07) is 5.19. The first-order chi connectivity index (χ1) is 9.70. The molecule has 0 aliphatic carbocycles. The second kappa shape index (κ2) is 7.00. The number of hydrogen-bond acceptors (Lipinski definition) is 4. The van der Waals surface area contributed by atoms with Crippen molar-refractivity contribution in [3.63, 3.8) is 0 Å². The molecular formula is C14H20N2O4. The van der Waals surface area contributed by atoms with E-state index in [9.17, 15) is 4.79 Å². The highest BCUT2D eigenvalue weighted by molar-refractivity contribution is 5.74. The molecule has 1 aromatic carbocycles. The number of rotatable bonds is 4. The molecule has 0 fully saturated rings. The Morgan fingerprint density at radius 3 is 2.85 bits per heavy atom. The van der Waals surface area contributed by atoms with Gasteiger partial charge in [0.2, 0.25) is 0 Å². The van der Waals surface area contributed by atoms with Gasteiger partial charge in [-0.1, -0.05) is 6.07 Å². The van der Waals surface area contributed by atoms with Crippen molar-refractivity contribution < 1.29 is 19.4 Å². The summed E-state index contributed by atoms with van der Waals surface area (Å²) in [4.78, 5) is 11.5. The maximum Gasteiger partial charge on any atom is 0.315 e. The minimum atomic E-state index is -0.307. The third-order valence-corrected chi connectivity index (χ3v) is 3.02. The lowest BCUT2D eigenvalue weighted by Gasteiger charge is -2.16. The van der Waals surface area contributed by atoms with Crippen molar-refractivity contribution in [2.75, 3.05) is 26.4 Å². The highest BCUT2D eigenvalue weighted by atomic mass is 16.5. The van der Waals surface area contributed by atoms with Crippen LogP contribution in [0.3, 0.4) is 0 Å². The molecule has 6 nitrogen and oxygen atoms in total. The van der Waals surface area contributed by atoms with E-state index < -0.39 is 0 Å². The summed E-state index contributed by atoms with van der Waals surface area (Å²) in [5.41, 5.74) is 0.938. The third-order valence-electron chi connectivity index (χ3n) is 3.02. The Morgan fingerprint density at radius 1 is 1.35 bits per heavy atom. The predicted octanol–water partition coefficient (Wildman–Crippen LogP) is 1.20. The van der Waals surface area contributed by atoms with E-state index in [0.29, 0.717) is 19.0 Å². The van der Waals surface area contributed by atoms with Gasteiger partial charge in [0.25, 0.3) is 0 Å². The number of fused-ring (bicyclic) bond motifs is 1. The molecule has 0 radical (unpaired) electrons. The Labute approximate surface area is 118 Å². The van der Waals surface area contributed by atoms with Crippen LogP contribution in [-0.4, -0.2) is 37.5 Å². The molecule has 0 unspecified atom stereocenters. The minimum Gasteiger partial charge on any atom is -0.490 e. The van der Waals surface area contributed by atoms with Gasteiger partial charge < -0.3 is 25.2 Å². The van der Waals surface area contributed by atoms with Gasteiger partial charge >= 0.3 is 6.03 Å². The molecule has 1 heterocycles. The summed E-state index contributed by atoms with van der Waals surface area (Å²) >= 11 is 0. The maximum atomic E-state index is 11.5. The predicted molar refractivity (Wildman–Crippen MR) is 74.1 cm³/mol. The molecule has 0 bridgehead atoms. The first-order valence-electron chi connectivity index (χ1n) is 6.75. The Balaban J connectivity index is 2.01. The van der Waals surface area contributed by atoms with E-state index in [-0.39, 0.29) is 25.2 Å². The van der Waals surface area contributed by atoms with E-state index in [1.54, 1.807) is 0 Å². The Morgan fingerprint density at radius 2 is 2.10 bits per heavy atom. The van der Waals surface area contributed by atoms with Crippen molar-refractivity contribution in [3.8, 4) is 11.5 Å². The van der Waals surface area contributed by atoms with Crippen LogP contribution in [0, 0.1) is 0 Å². The quantitative estimate of drug-likeness (QED) is 0.774. The number of hydrogen-bond donors (Lipinski definition) is 3. The fourth-order valence-corrected chi connectivity index (χ4v) is 1.95.